The third-order valence-corrected chi connectivity index (χ3v) is 4.46. The molecule has 2 aromatic rings. The van der Waals surface area contributed by atoms with Gasteiger partial charge < -0.3 is 14.4 Å². The topological polar surface area (TPSA) is 38.5 Å². The molecule has 2 aromatic carbocycles. The molecule has 1 fully saturated rings. The number of carbonyl (C=O) groups is 1. The summed E-state index contributed by atoms with van der Waals surface area (Å²) < 4.78 is 11.6. The zero-order chi connectivity index (χ0) is 17.5. The minimum atomic E-state index is 0.131. The van der Waals surface area contributed by atoms with E-state index in [1.54, 1.807) is 0 Å². The van der Waals surface area contributed by atoms with Crippen LogP contribution in [-0.2, 0) is 27.5 Å². The summed E-state index contributed by atoms with van der Waals surface area (Å²) in [6.07, 6.45) is 0.518. The van der Waals surface area contributed by atoms with Gasteiger partial charge in [0.15, 0.2) is 0 Å². The molecule has 4 nitrogen and oxygen atoms in total. The predicted molar refractivity (Wildman–Crippen MR) is 96.9 cm³/mol. The van der Waals surface area contributed by atoms with Crippen LogP contribution in [0.1, 0.15) is 24.5 Å². The standard InChI is InChI=1S/C21H25NO3/c1-2-21(23)22-19(15-24-13-17-9-5-3-6-10-17)20(22)16-25-14-18-11-7-4-8-12-18/h3-12,19-20H,2,13-16H2,1H3/t19-,20-/m1/s1. The van der Waals surface area contributed by atoms with Crippen molar-refractivity contribution in [2.45, 2.75) is 38.6 Å². The smallest absolute Gasteiger partial charge is 0.223 e. The Labute approximate surface area is 149 Å². The first-order chi connectivity index (χ1) is 12.3. The van der Waals surface area contributed by atoms with Crippen molar-refractivity contribution in [3.8, 4) is 0 Å². The molecule has 25 heavy (non-hydrogen) atoms. The number of carbonyl (C=O) groups excluding carboxylic acids is 1. The van der Waals surface area contributed by atoms with E-state index in [0.29, 0.717) is 32.8 Å². The Morgan fingerprint density at radius 1 is 0.840 bits per heavy atom. The fraction of sp³-hybridized carbons (Fsp3) is 0.381. The van der Waals surface area contributed by atoms with E-state index < -0.39 is 0 Å². The molecule has 1 heterocycles. The van der Waals surface area contributed by atoms with Gasteiger partial charge in [0.2, 0.25) is 5.91 Å². The average molecular weight is 339 g/mol. The predicted octanol–water partition coefficient (Wildman–Crippen LogP) is 3.41. The highest BCUT2D eigenvalue weighted by Gasteiger charge is 2.50. The lowest BCUT2D eigenvalue weighted by atomic mass is 10.2. The quantitative estimate of drug-likeness (QED) is 0.657. The van der Waals surface area contributed by atoms with E-state index in [-0.39, 0.29) is 18.0 Å². The number of benzene rings is 2. The largest absolute Gasteiger partial charge is 0.375 e. The zero-order valence-electron chi connectivity index (χ0n) is 14.6. The molecule has 3 rings (SSSR count). The van der Waals surface area contributed by atoms with Gasteiger partial charge in [-0.05, 0) is 11.1 Å². The molecule has 4 heteroatoms. The van der Waals surface area contributed by atoms with E-state index in [1.807, 2.05) is 72.5 Å². The van der Waals surface area contributed by atoms with Crippen molar-refractivity contribution in [3.63, 3.8) is 0 Å². The molecule has 1 aliphatic heterocycles. The summed E-state index contributed by atoms with van der Waals surface area (Å²) in [7, 11) is 0. The summed E-state index contributed by atoms with van der Waals surface area (Å²) in [5, 5.41) is 0. The van der Waals surface area contributed by atoms with Gasteiger partial charge in [0, 0.05) is 6.42 Å². The molecule has 0 saturated carbocycles. The van der Waals surface area contributed by atoms with Crippen LogP contribution in [0.4, 0.5) is 0 Å². The first kappa shape index (κ1) is 17.6. The Morgan fingerprint density at radius 3 is 1.68 bits per heavy atom. The van der Waals surface area contributed by atoms with E-state index >= 15 is 0 Å². The van der Waals surface area contributed by atoms with Crippen LogP contribution in [0.5, 0.6) is 0 Å². The van der Waals surface area contributed by atoms with Crippen molar-refractivity contribution in [3.05, 3.63) is 71.8 Å². The highest BCUT2D eigenvalue weighted by molar-refractivity contribution is 5.79. The van der Waals surface area contributed by atoms with Crippen molar-refractivity contribution in [2.24, 2.45) is 0 Å². The molecule has 2 atom stereocenters. The van der Waals surface area contributed by atoms with E-state index in [0.717, 1.165) is 11.1 Å². The van der Waals surface area contributed by atoms with Gasteiger partial charge in [-0.1, -0.05) is 67.6 Å². The van der Waals surface area contributed by atoms with Crippen LogP contribution < -0.4 is 0 Å². The third-order valence-electron chi connectivity index (χ3n) is 4.46. The first-order valence-electron chi connectivity index (χ1n) is 8.84. The van der Waals surface area contributed by atoms with Gasteiger partial charge in [0.05, 0.1) is 38.5 Å². The van der Waals surface area contributed by atoms with Crippen LogP contribution in [-0.4, -0.2) is 36.1 Å². The fourth-order valence-electron chi connectivity index (χ4n) is 3.01. The monoisotopic (exact) mass is 339 g/mol. The number of hydrogen-bond donors (Lipinski definition) is 0. The molecule has 0 radical (unpaired) electrons. The molecular formula is C21H25NO3. The molecule has 132 valence electrons. The number of amides is 1. The summed E-state index contributed by atoms with van der Waals surface area (Å²) in [5.74, 6) is 0.168. The molecule has 0 aliphatic carbocycles. The van der Waals surface area contributed by atoms with Crippen LogP contribution >= 0.6 is 0 Å². The van der Waals surface area contributed by atoms with Crippen molar-refractivity contribution in [2.75, 3.05) is 13.2 Å². The van der Waals surface area contributed by atoms with Gasteiger partial charge in [0.1, 0.15) is 0 Å². The average Bonchev–Trinajstić information content (AvgIpc) is 3.35. The Bertz CT molecular complexity index is 608. The highest BCUT2D eigenvalue weighted by Crippen LogP contribution is 2.30. The fourth-order valence-corrected chi connectivity index (χ4v) is 3.01. The SMILES string of the molecule is CCC(=O)N1[C@H](COCc2ccccc2)[C@H]1COCc1ccccc1. The van der Waals surface area contributed by atoms with E-state index in [9.17, 15) is 4.79 Å². The van der Waals surface area contributed by atoms with Crippen LogP contribution in [0.3, 0.4) is 0 Å². The maximum absolute atomic E-state index is 12.1. The highest BCUT2D eigenvalue weighted by atomic mass is 16.5. The maximum atomic E-state index is 12.1. The van der Waals surface area contributed by atoms with Gasteiger partial charge in [-0.15, -0.1) is 0 Å². The van der Waals surface area contributed by atoms with Crippen LogP contribution in [0, 0.1) is 0 Å². The van der Waals surface area contributed by atoms with Crippen molar-refractivity contribution >= 4 is 5.91 Å². The molecule has 1 saturated heterocycles. The first-order valence-corrected chi connectivity index (χ1v) is 8.84. The number of ether oxygens (including phenoxy) is 2. The normalized spacial score (nSPS) is 19.0. The van der Waals surface area contributed by atoms with Crippen LogP contribution in [0.15, 0.2) is 60.7 Å². The minimum absolute atomic E-state index is 0.131. The van der Waals surface area contributed by atoms with Gasteiger partial charge in [-0.2, -0.15) is 0 Å². The number of nitrogens with zero attached hydrogens (tertiary/aromatic N) is 1. The Balaban J connectivity index is 1.45. The molecule has 0 N–H and O–H groups in total. The van der Waals surface area contributed by atoms with Crippen LogP contribution in [0.2, 0.25) is 0 Å². The van der Waals surface area contributed by atoms with Gasteiger partial charge >= 0.3 is 0 Å². The van der Waals surface area contributed by atoms with E-state index in [2.05, 4.69) is 0 Å². The van der Waals surface area contributed by atoms with Crippen molar-refractivity contribution in [1.29, 1.82) is 0 Å². The number of hydrogen-bond acceptors (Lipinski definition) is 3. The van der Waals surface area contributed by atoms with Crippen molar-refractivity contribution in [1.82, 2.24) is 4.90 Å². The number of rotatable bonds is 9. The van der Waals surface area contributed by atoms with E-state index in [1.165, 1.54) is 0 Å². The summed E-state index contributed by atoms with van der Waals surface area (Å²) >= 11 is 0. The molecule has 0 aromatic heterocycles. The van der Waals surface area contributed by atoms with E-state index in [4.69, 9.17) is 9.47 Å². The minimum Gasteiger partial charge on any atom is -0.375 e. The second-order valence-corrected chi connectivity index (χ2v) is 6.29. The zero-order valence-corrected chi connectivity index (χ0v) is 14.6. The molecule has 0 unspecified atom stereocenters. The third kappa shape index (κ3) is 4.91. The van der Waals surface area contributed by atoms with Gasteiger partial charge in [0.25, 0.3) is 0 Å². The lowest BCUT2D eigenvalue weighted by molar-refractivity contribution is -0.126. The second kappa shape index (κ2) is 8.79. The summed E-state index contributed by atoms with van der Waals surface area (Å²) in [6.45, 7) is 4.15. The van der Waals surface area contributed by atoms with Gasteiger partial charge in [-0.3, -0.25) is 4.79 Å². The van der Waals surface area contributed by atoms with Crippen molar-refractivity contribution < 1.29 is 14.3 Å². The molecule has 1 amide bonds. The summed E-state index contributed by atoms with van der Waals surface area (Å²) in [6, 6.07) is 20.4. The Hall–Kier alpha value is -2.17. The second-order valence-electron chi connectivity index (χ2n) is 6.29. The lowest BCUT2D eigenvalue weighted by Crippen LogP contribution is -2.16. The summed E-state index contributed by atoms with van der Waals surface area (Å²) in [4.78, 5) is 14.0. The van der Waals surface area contributed by atoms with Crippen LogP contribution in [0.25, 0.3) is 0 Å². The molecule has 0 bridgehead atoms. The Morgan fingerprint density at radius 2 is 1.28 bits per heavy atom. The Kier molecular flexibility index (Phi) is 6.20. The lowest BCUT2D eigenvalue weighted by Gasteiger charge is -2.04. The molecular weight excluding hydrogens is 314 g/mol. The molecule has 0 spiro atoms. The molecule has 1 aliphatic rings. The summed E-state index contributed by atoms with van der Waals surface area (Å²) in [5.41, 5.74) is 2.29. The maximum Gasteiger partial charge on any atom is 0.223 e. The van der Waals surface area contributed by atoms with Gasteiger partial charge in [-0.25, -0.2) is 0 Å².